The monoisotopic (exact) mass is 430 g/mol. The minimum Gasteiger partial charge on any atom is -0.506 e. The summed E-state index contributed by atoms with van der Waals surface area (Å²) in [5.74, 6) is -3.24. The Kier molecular flexibility index (Phi) is 4.98. The largest absolute Gasteiger partial charge is 0.506 e. The second-order valence-corrected chi connectivity index (χ2v) is 7.49. The maximum absolute atomic E-state index is 13.0. The van der Waals surface area contributed by atoms with Gasteiger partial charge in [0.15, 0.2) is 0 Å². The summed E-state index contributed by atoms with van der Waals surface area (Å²) in [4.78, 5) is 50.7. The van der Waals surface area contributed by atoms with Crippen LogP contribution in [0.3, 0.4) is 0 Å². The molecule has 160 valence electrons. The Morgan fingerprint density at radius 2 is 1.53 bits per heavy atom. The molecule has 0 atom stereocenters. The van der Waals surface area contributed by atoms with Crippen LogP contribution in [-0.2, 0) is 0 Å². The molecule has 0 bridgehead atoms. The number of carboxylic acid groups (broad SMARTS) is 1. The molecule has 8 heteroatoms. The molecule has 8 nitrogen and oxygen atoms in total. The highest BCUT2D eigenvalue weighted by atomic mass is 16.4. The van der Waals surface area contributed by atoms with Gasteiger partial charge in [0.2, 0.25) is 0 Å². The molecule has 0 aromatic heterocycles. The minimum atomic E-state index is -1.21. The molecule has 0 radical (unpaired) electrons. The number of rotatable bonds is 4. The first-order valence-electron chi connectivity index (χ1n) is 9.65. The van der Waals surface area contributed by atoms with E-state index in [9.17, 15) is 24.3 Å². The van der Waals surface area contributed by atoms with E-state index in [4.69, 9.17) is 5.11 Å². The van der Waals surface area contributed by atoms with Crippen molar-refractivity contribution < 1.29 is 29.4 Å². The molecule has 32 heavy (non-hydrogen) atoms. The van der Waals surface area contributed by atoms with Crippen LogP contribution in [0.15, 0.2) is 54.6 Å². The molecule has 3 amide bonds. The lowest BCUT2D eigenvalue weighted by Crippen LogP contribution is -2.30. The van der Waals surface area contributed by atoms with Gasteiger partial charge in [-0.2, -0.15) is 0 Å². The Balaban J connectivity index is 1.63. The van der Waals surface area contributed by atoms with Crippen molar-refractivity contribution in [2.24, 2.45) is 0 Å². The zero-order valence-electron chi connectivity index (χ0n) is 17.2. The SMILES string of the molecule is Cc1ccc(C)c(N2C(=O)c3ccc(C(=O)Nc4ccc(C(=O)O)cc4O)cc3C2=O)c1. The van der Waals surface area contributed by atoms with Gasteiger partial charge in [-0.25, -0.2) is 9.69 Å². The third kappa shape index (κ3) is 3.47. The number of aromatic hydroxyl groups is 1. The maximum Gasteiger partial charge on any atom is 0.335 e. The highest BCUT2D eigenvalue weighted by Gasteiger charge is 2.37. The molecular formula is C24H18N2O6. The van der Waals surface area contributed by atoms with Crippen molar-refractivity contribution in [3.05, 3.63) is 88.0 Å². The van der Waals surface area contributed by atoms with Crippen LogP contribution < -0.4 is 10.2 Å². The molecule has 1 heterocycles. The molecule has 0 saturated carbocycles. The van der Waals surface area contributed by atoms with Gasteiger partial charge in [-0.15, -0.1) is 0 Å². The number of aromatic carboxylic acids is 1. The lowest BCUT2D eigenvalue weighted by Gasteiger charge is -2.17. The van der Waals surface area contributed by atoms with Crippen LogP contribution in [0.1, 0.15) is 52.6 Å². The van der Waals surface area contributed by atoms with Gasteiger partial charge >= 0.3 is 5.97 Å². The van der Waals surface area contributed by atoms with Gasteiger partial charge in [0.1, 0.15) is 5.75 Å². The normalized spacial score (nSPS) is 12.6. The Labute approximate surface area is 182 Å². The number of benzene rings is 3. The van der Waals surface area contributed by atoms with E-state index in [0.717, 1.165) is 22.1 Å². The molecule has 1 aliphatic rings. The van der Waals surface area contributed by atoms with Crippen molar-refractivity contribution in [3.8, 4) is 5.75 Å². The Bertz CT molecular complexity index is 1330. The fourth-order valence-electron chi connectivity index (χ4n) is 3.53. The number of carbonyl (C=O) groups excluding carboxylic acids is 3. The van der Waals surface area contributed by atoms with Crippen molar-refractivity contribution >= 4 is 35.1 Å². The fraction of sp³-hybridized carbons (Fsp3) is 0.0833. The average Bonchev–Trinajstić information content (AvgIpc) is 3.00. The van der Waals surface area contributed by atoms with Gasteiger partial charge in [0.05, 0.1) is 28.1 Å². The van der Waals surface area contributed by atoms with E-state index in [-0.39, 0.29) is 27.9 Å². The van der Waals surface area contributed by atoms with Crippen molar-refractivity contribution in [2.75, 3.05) is 10.2 Å². The number of nitrogens with one attached hydrogen (secondary N) is 1. The van der Waals surface area contributed by atoms with Crippen LogP contribution in [0.4, 0.5) is 11.4 Å². The second kappa shape index (κ2) is 7.66. The van der Waals surface area contributed by atoms with Gasteiger partial charge < -0.3 is 15.5 Å². The summed E-state index contributed by atoms with van der Waals surface area (Å²) in [5, 5.41) is 21.4. The molecule has 0 saturated heterocycles. The topological polar surface area (TPSA) is 124 Å². The standard InChI is InChI=1S/C24H18N2O6/c1-12-3-4-13(2)19(9-12)26-22(29)16-7-5-14(10-17(16)23(26)30)21(28)25-18-8-6-15(24(31)32)11-20(18)27/h3-11,27H,1-2H3,(H,25,28)(H,31,32). The minimum absolute atomic E-state index is 0.0138. The lowest BCUT2D eigenvalue weighted by atomic mass is 10.1. The first kappa shape index (κ1) is 20.8. The number of imide groups is 1. The third-order valence-electron chi connectivity index (χ3n) is 5.25. The first-order valence-corrected chi connectivity index (χ1v) is 9.65. The predicted molar refractivity (Wildman–Crippen MR) is 117 cm³/mol. The van der Waals surface area contributed by atoms with Crippen LogP contribution in [0.5, 0.6) is 5.75 Å². The van der Waals surface area contributed by atoms with Crippen molar-refractivity contribution in [1.82, 2.24) is 0 Å². The van der Waals surface area contributed by atoms with Crippen LogP contribution in [0, 0.1) is 13.8 Å². The van der Waals surface area contributed by atoms with E-state index >= 15 is 0 Å². The number of anilines is 2. The molecule has 0 unspecified atom stereocenters. The molecule has 0 fully saturated rings. The number of aryl methyl sites for hydroxylation is 2. The van der Waals surface area contributed by atoms with Crippen molar-refractivity contribution in [3.63, 3.8) is 0 Å². The summed E-state index contributed by atoms with van der Waals surface area (Å²) in [7, 11) is 0. The number of hydrogen-bond donors (Lipinski definition) is 3. The molecule has 0 spiro atoms. The number of phenols is 1. The Morgan fingerprint density at radius 3 is 2.22 bits per heavy atom. The van der Waals surface area contributed by atoms with E-state index < -0.39 is 29.4 Å². The summed E-state index contributed by atoms with van der Waals surface area (Å²) < 4.78 is 0. The molecular weight excluding hydrogens is 412 g/mol. The second-order valence-electron chi connectivity index (χ2n) is 7.49. The van der Waals surface area contributed by atoms with E-state index in [1.54, 1.807) is 13.0 Å². The predicted octanol–water partition coefficient (Wildman–Crippen LogP) is 3.76. The molecule has 0 aliphatic carbocycles. The van der Waals surface area contributed by atoms with Crippen molar-refractivity contribution in [1.29, 1.82) is 0 Å². The van der Waals surface area contributed by atoms with E-state index in [0.29, 0.717) is 5.69 Å². The summed E-state index contributed by atoms with van der Waals surface area (Å²) in [6.45, 7) is 3.67. The Morgan fingerprint density at radius 1 is 0.844 bits per heavy atom. The number of phenolic OH excluding ortho intramolecular Hbond substituents is 1. The molecule has 4 rings (SSSR count). The van der Waals surface area contributed by atoms with Crippen LogP contribution in [0.2, 0.25) is 0 Å². The summed E-state index contributed by atoms with van der Waals surface area (Å²) in [5.41, 5.74) is 2.45. The number of amides is 3. The number of fused-ring (bicyclic) bond motifs is 1. The lowest BCUT2D eigenvalue weighted by molar-refractivity contribution is 0.0695. The first-order chi connectivity index (χ1) is 15.2. The highest BCUT2D eigenvalue weighted by Crippen LogP contribution is 2.32. The molecule has 3 aromatic rings. The van der Waals surface area contributed by atoms with Crippen molar-refractivity contribution in [2.45, 2.75) is 13.8 Å². The number of carboxylic acids is 1. The number of hydrogen-bond acceptors (Lipinski definition) is 5. The van der Waals surface area contributed by atoms with E-state index in [1.165, 1.54) is 30.3 Å². The van der Waals surface area contributed by atoms with E-state index in [1.807, 2.05) is 19.1 Å². The number of nitrogens with zero attached hydrogens (tertiary/aromatic N) is 1. The zero-order chi connectivity index (χ0) is 23.2. The van der Waals surface area contributed by atoms with Crippen LogP contribution in [-0.4, -0.2) is 33.9 Å². The quantitative estimate of drug-likeness (QED) is 0.428. The van der Waals surface area contributed by atoms with Gasteiger partial charge in [-0.3, -0.25) is 14.4 Å². The van der Waals surface area contributed by atoms with Gasteiger partial charge in [-0.1, -0.05) is 12.1 Å². The van der Waals surface area contributed by atoms with Crippen LogP contribution in [0.25, 0.3) is 0 Å². The highest BCUT2D eigenvalue weighted by molar-refractivity contribution is 6.35. The molecule has 1 aliphatic heterocycles. The Hall–Kier alpha value is -4.46. The van der Waals surface area contributed by atoms with Gasteiger partial charge in [-0.05, 0) is 67.4 Å². The fourth-order valence-corrected chi connectivity index (χ4v) is 3.53. The maximum atomic E-state index is 13.0. The smallest absolute Gasteiger partial charge is 0.335 e. The van der Waals surface area contributed by atoms with E-state index in [2.05, 4.69) is 5.32 Å². The van der Waals surface area contributed by atoms with Gasteiger partial charge in [0.25, 0.3) is 17.7 Å². The molecule has 3 N–H and O–H groups in total. The zero-order valence-corrected chi connectivity index (χ0v) is 17.2. The van der Waals surface area contributed by atoms with Gasteiger partial charge in [0, 0.05) is 5.56 Å². The number of carbonyl (C=O) groups is 4. The summed E-state index contributed by atoms with van der Waals surface area (Å²) in [6.07, 6.45) is 0. The third-order valence-corrected chi connectivity index (χ3v) is 5.25. The average molecular weight is 430 g/mol. The van der Waals surface area contributed by atoms with Crippen LogP contribution >= 0.6 is 0 Å². The summed E-state index contributed by atoms with van der Waals surface area (Å²) >= 11 is 0. The summed E-state index contributed by atoms with van der Waals surface area (Å²) in [6, 6.07) is 13.2. The molecule has 3 aromatic carbocycles.